The maximum Gasteiger partial charge on any atom is 0.251 e. The molecule has 5 heteroatoms. The summed E-state index contributed by atoms with van der Waals surface area (Å²) < 4.78 is 0. The van der Waals surface area contributed by atoms with Crippen LogP contribution in [0.4, 0.5) is 5.82 Å². The van der Waals surface area contributed by atoms with Gasteiger partial charge in [-0.2, -0.15) is 0 Å². The van der Waals surface area contributed by atoms with E-state index in [1.54, 1.807) is 30.5 Å². The third kappa shape index (κ3) is 5.06. The number of nitrogens with one attached hydrogen (secondary N) is 2. The number of carbonyl (C=O) groups is 2. The number of hydrogen-bond acceptors (Lipinski definition) is 3. The lowest BCUT2D eigenvalue weighted by atomic mass is 10.2. The largest absolute Gasteiger partial charge is 0.352 e. The summed E-state index contributed by atoms with van der Waals surface area (Å²) in [4.78, 5) is 27.4. The van der Waals surface area contributed by atoms with Gasteiger partial charge in [0.15, 0.2) is 0 Å². The molecule has 2 N–H and O–H groups in total. The van der Waals surface area contributed by atoms with E-state index in [4.69, 9.17) is 0 Å². The SMILES string of the molecule is O=C(CCCNC(=O)c1ccccc1)Nc1ccccn1. The second kappa shape index (κ2) is 7.79. The van der Waals surface area contributed by atoms with Gasteiger partial charge in [-0.25, -0.2) is 4.98 Å². The van der Waals surface area contributed by atoms with Gasteiger partial charge < -0.3 is 10.6 Å². The minimum Gasteiger partial charge on any atom is -0.352 e. The number of pyridine rings is 1. The molecular formula is C16H17N3O2. The molecule has 0 aliphatic carbocycles. The van der Waals surface area contributed by atoms with Gasteiger partial charge in [0.05, 0.1) is 0 Å². The van der Waals surface area contributed by atoms with E-state index >= 15 is 0 Å². The summed E-state index contributed by atoms with van der Waals surface area (Å²) in [7, 11) is 0. The molecule has 0 fully saturated rings. The third-order valence-electron chi connectivity index (χ3n) is 2.83. The van der Waals surface area contributed by atoms with E-state index in [0.717, 1.165) is 0 Å². The molecule has 21 heavy (non-hydrogen) atoms. The number of aromatic nitrogens is 1. The maximum absolute atomic E-state index is 11.8. The van der Waals surface area contributed by atoms with E-state index in [2.05, 4.69) is 15.6 Å². The molecule has 0 unspecified atom stereocenters. The average molecular weight is 283 g/mol. The number of anilines is 1. The average Bonchev–Trinajstić information content (AvgIpc) is 2.53. The predicted octanol–water partition coefficient (Wildman–Crippen LogP) is 2.23. The van der Waals surface area contributed by atoms with Gasteiger partial charge in [-0.15, -0.1) is 0 Å². The molecule has 0 aliphatic rings. The monoisotopic (exact) mass is 283 g/mol. The Morgan fingerprint density at radius 3 is 2.48 bits per heavy atom. The lowest BCUT2D eigenvalue weighted by Crippen LogP contribution is -2.25. The van der Waals surface area contributed by atoms with Crippen molar-refractivity contribution < 1.29 is 9.59 Å². The summed E-state index contributed by atoms with van der Waals surface area (Å²) in [6, 6.07) is 14.3. The first kappa shape index (κ1) is 14.7. The first-order valence-electron chi connectivity index (χ1n) is 6.80. The molecule has 1 aromatic carbocycles. The Hall–Kier alpha value is -2.69. The quantitative estimate of drug-likeness (QED) is 0.799. The highest BCUT2D eigenvalue weighted by Gasteiger charge is 2.05. The third-order valence-corrected chi connectivity index (χ3v) is 2.83. The first-order valence-corrected chi connectivity index (χ1v) is 6.80. The highest BCUT2D eigenvalue weighted by atomic mass is 16.2. The number of amides is 2. The summed E-state index contributed by atoms with van der Waals surface area (Å²) in [6.45, 7) is 0.462. The van der Waals surface area contributed by atoms with Crippen molar-refractivity contribution in [3.63, 3.8) is 0 Å². The number of nitrogens with zero attached hydrogens (tertiary/aromatic N) is 1. The summed E-state index contributed by atoms with van der Waals surface area (Å²) in [6.07, 6.45) is 2.54. The molecule has 0 aliphatic heterocycles. The van der Waals surface area contributed by atoms with Crippen LogP contribution in [0.15, 0.2) is 54.7 Å². The van der Waals surface area contributed by atoms with Crippen molar-refractivity contribution in [2.75, 3.05) is 11.9 Å². The maximum atomic E-state index is 11.8. The molecule has 1 aromatic heterocycles. The molecular weight excluding hydrogens is 266 g/mol. The van der Waals surface area contributed by atoms with Gasteiger partial charge in [0.25, 0.3) is 5.91 Å². The topological polar surface area (TPSA) is 71.1 Å². The number of hydrogen-bond donors (Lipinski definition) is 2. The Bertz CT molecular complexity index is 585. The van der Waals surface area contributed by atoms with Crippen molar-refractivity contribution in [2.45, 2.75) is 12.8 Å². The Balaban J connectivity index is 1.66. The summed E-state index contributed by atoms with van der Waals surface area (Å²) in [5, 5.41) is 5.48. The lowest BCUT2D eigenvalue weighted by Gasteiger charge is -2.06. The highest BCUT2D eigenvalue weighted by molar-refractivity contribution is 5.94. The van der Waals surface area contributed by atoms with Crippen LogP contribution in [-0.2, 0) is 4.79 Å². The van der Waals surface area contributed by atoms with Crippen LogP contribution < -0.4 is 10.6 Å². The van der Waals surface area contributed by atoms with Crippen LogP contribution in [0.2, 0.25) is 0 Å². The fourth-order valence-corrected chi connectivity index (χ4v) is 1.78. The molecule has 2 aromatic rings. The molecule has 108 valence electrons. The van der Waals surface area contributed by atoms with Gasteiger partial charge in [-0.1, -0.05) is 24.3 Å². The standard InChI is InChI=1S/C16H17N3O2/c20-15(19-14-9-4-5-11-17-14)10-6-12-18-16(21)13-7-2-1-3-8-13/h1-5,7-9,11H,6,10,12H2,(H,18,21)(H,17,19,20). The Morgan fingerprint density at radius 1 is 1.00 bits per heavy atom. The van der Waals surface area contributed by atoms with Crippen LogP contribution in [0.3, 0.4) is 0 Å². The van der Waals surface area contributed by atoms with Gasteiger partial charge in [0, 0.05) is 24.7 Å². The molecule has 0 atom stereocenters. The Kier molecular flexibility index (Phi) is 5.46. The molecule has 0 saturated carbocycles. The number of benzene rings is 1. The Morgan fingerprint density at radius 2 is 1.76 bits per heavy atom. The highest BCUT2D eigenvalue weighted by Crippen LogP contribution is 2.02. The predicted molar refractivity (Wildman–Crippen MR) is 80.9 cm³/mol. The van der Waals surface area contributed by atoms with Crippen molar-refractivity contribution in [1.29, 1.82) is 0 Å². The zero-order valence-corrected chi connectivity index (χ0v) is 11.6. The second-order valence-corrected chi connectivity index (χ2v) is 4.49. The van der Waals surface area contributed by atoms with Gasteiger partial charge in [0.1, 0.15) is 5.82 Å². The molecule has 2 amide bonds. The first-order chi connectivity index (χ1) is 10.3. The molecule has 0 bridgehead atoms. The summed E-state index contributed by atoms with van der Waals surface area (Å²) in [5.74, 6) is 0.305. The zero-order valence-electron chi connectivity index (χ0n) is 11.6. The zero-order chi connectivity index (χ0) is 14.9. The van der Waals surface area contributed by atoms with Crippen molar-refractivity contribution in [1.82, 2.24) is 10.3 Å². The van der Waals surface area contributed by atoms with E-state index in [1.165, 1.54) is 0 Å². The molecule has 0 radical (unpaired) electrons. The Labute approximate surface area is 123 Å². The van der Waals surface area contributed by atoms with Crippen molar-refractivity contribution >= 4 is 17.6 Å². The van der Waals surface area contributed by atoms with E-state index in [0.29, 0.717) is 30.8 Å². The van der Waals surface area contributed by atoms with Crippen LogP contribution in [0.25, 0.3) is 0 Å². The molecule has 5 nitrogen and oxygen atoms in total. The van der Waals surface area contributed by atoms with Crippen molar-refractivity contribution in [3.8, 4) is 0 Å². The minimum atomic E-state index is -0.124. The van der Waals surface area contributed by atoms with Crippen LogP contribution in [0.1, 0.15) is 23.2 Å². The minimum absolute atomic E-state index is 0.109. The number of carbonyl (C=O) groups excluding carboxylic acids is 2. The van der Waals surface area contributed by atoms with Crippen LogP contribution >= 0.6 is 0 Å². The fourth-order valence-electron chi connectivity index (χ4n) is 1.78. The van der Waals surface area contributed by atoms with E-state index in [1.807, 2.05) is 24.3 Å². The van der Waals surface area contributed by atoms with Crippen LogP contribution in [0, 0.1) is 0 Å². The van der Waals surface area contributed by atoms with Crippen molar-refractivity contribution in [2.24, 2.45) is 0 Å². The van der Waals surface area contributed by atoms with E-state index in [9.17, 15) is 9.59 Å². The van der Waals surface area contributed by atoms with E-state index in [-0.39, 0.29) is 11.8 Å². The van der Waals surface area contributed by atoms with Crippen LogP contribution in [-0.4, -0.2) is 23.3 Å². The molecule has 2 rings (SSSR count). The molecule has 0 spiro atoms. The lowest BCUT2D eigenvalue weighted by molar-refractivity contribution is -0.116. The molecule has 0 saturated heterocycles. The normalized spacial score (nSPS) is 9.90. The van der Waals surface area contributed by atoms with Gasteiger partial charge in [-0.3, -0.25) is 9.59 Å². The van der Waals surface area contributed by atoms with E-state index < -0.39 is 0 Å². The fraction of sp³-hybridized carbons (Fsp3) is 0.188. The summed E-state index contributed by atoms with van der Waals surface area (Å²) >= 11 is 0. The van der Waals surface area contributed by atoms with Crippen LogP contribution in [0.5, 0.6) is 0 Å². The van der Waals surface area contributed by atoms with Gasteiger partial charge in [-0.05, 0) is 30.7 Å². The number of rotatable bonds is 6. The summed E-state index contributed by atoms with van der Waals surface area (Å²) in [5.41, 5.74) is 0.621. The smallest absolute Gasteiger partial charge is 0.251 e. The molecule has 1 heterocycles. The van der Waals surface area contributed by atoms with Crippen molar-refractivity contribution in [3.05, 3.63) is 60.3 Å². The van der Waals surface area contributed by atoms with Gasteiger partial charge >= 0.3 is 0 Å². The second-order valence-electron chi connectivity index (χ2n) is 4.49. The van der Waals surface area contributed by atoms with Gasteiger partial charge in [0.2, 0.25) is 5.91 Å².